The number of ether oxygens (including phenoxy) is 1. The summed E-state index contributed by atoms with van der Waals surface area (Å²) in [6, 6.07) is 6.99. The number of amides is 1. The predicted octanol–water partition coefficient (Wildman–Crippen LogP) is 2.64. The zero-order valence-corrected chi connectivity index (χ0v) is 14.7. The van der Waals surface area contributed by atoms with Crippen molar-refractivity contribution in [2.24, 2.45) is 5.92 Å². The minimum Gasteiger partial charge on any atom is -0.379 e. The van der Waals surface area contributed by atoms with Crippen LogP contribution in [0.1, 0.15) is 37.2 Å². The Bertz CT molecular complexity index is 600. The van der Waals surface area contributed by atoms with Gasteiger partial charge in [-0.25, -0.2) is 4.39 Å². The smallest absolute Gasteiger partial charge is 0.226 e. The van der Waals surface area contributed by atoms with Crippen LogP contribution in [0.4, 0.5) is 4.39 Å². The third kappa shape index (κ3) is 3.87. The maximum atomic E-state index is 13.1. The van der Waals surface area contributed by atoms with E-state index < -0.39 is 0 Å². The predicted molar refractivity (Wildman–Crippen MR) is 93.9 cm³/mol. The van der Waals surface area contributed by atoms with E-state index in [2.05, 4.69) is 9.80 Å². The van der Waals surface area contributed by atoms with Gasteiger partial charge < -0.3 is 9.64 Å². The van der Waals surface area contributed by atoms with Gasteiger partial charge in [-0.15, -0.1) is 0 Å². The number of halogens is 1. The highest BCUT2D eigenvalue weighted by atomic mass is 19.1. The van der Waals surface area contributed by atoms with Crippen LogP contribution in [0.5, 0.6) is 0 Å². The monoisotopic (exact) mass is 346 g/mol. The lowest BCUT2D eigenvalue weighted by Crippen LogP contribution is -2.51. The van der Waals surface area contributed by atoms with Crippen LogP contribution in [0.15, 0.2) is 24.3 Å². The van der Waals surface area contributed by atoms with Crippen molar-refractivity contribution in [2.75, 3.05) is 39.4 Å². The van der Waals surface area contributed by atoms with Crippen molar-refractivity contribution in [2.45, 2.75) is 37.6 Å². The van der Waals surface area contributed by atoms with Crippen molar-refractivity contribution in [3.8, 4) is 0 Å². The van der Waals surface area contributed by atoms with Crippen LogP contribution in [-0.4, -0.2) is 61.1 Å². The van der Waals surface area contributed by atoms with Gasteiger partial charge in [0.15, 0.2) is 0 Å². The minimum absolute atomic E-state index is 0.0933. The van der Waals surface area contributed by atoms with Crippen LogP contribution in [-0.2, 0) is 9.53 Å². The number of nitrogens with zero attached hydrogens (tertiary/aromatic N) is 2. The number of likely N-dealkylation sites (tertiary alicyclic amines) is 1. The molecule has 0 unspecified atom stereocenters. The second-order valence-corrected chi connectivity index (χ2v) is 7.59. The molecular formula is C20H27FN2O2. The Labute approximate surface area is 148 Å². The van der Waals surface area contributed by atoms with Gasteiger partial charge in [0.05, 0.1) is 13.2 Å². The summed E-state index contributed by atoms with van der Waals surface area (Å²) < 4.78 is 18.5. The number of benzene rings is 1. The summed E-state index contributed by atoms with van der Waals surface area (Å²) in [6.45, 7) is 5.41. The molecule has 0 radical (unpaired) electrons. The van der Waals surface area contributed by atoms with Gasteiger partial charge in [0.2, 0.25) is 5.91 Å². The average Bonchev–Trinajstić information content (AvgIpc) is 3.44. The minimum atomic E-state index is -0.214. The van der Waals surface area contributed by atoms with E-state index in [9.17, 15) is 9.18 Å². The maximum Gasteiger partial charge on any atom is 0.226 e. The van der Waals surface area contributed by atoms with E-state index in [1.165, 1.54) is 18.6 Å². The molecule has 5 heteroatoms. The summed E-state index contributed by atoms with van der Waals surface area (Å²) >= 11 is 0. The third-order valence-electron chi connectivity index (χ3n) is 5.89. The molecule has 25 heavy (non-hydrogen) atoms. The van der Waals surface area contributed by atoms with E-state index in [1.807, 2.05) is 12.1 Å². The van der Waals surface area contributed by atoms with Crippen LogP contribution in [0, 0.1) is 11.7 Å². The molecular weight excluding hydrogens is 319 g/mol. The molecule has 1 amide bonds. The zero-order valence-electron chi connectivity index (χ0n) is 14.7. The Kier molecular flexibility index (Phi) is 5.04. The Morgan fingerprint density at radius 3 is 2.64 bits per heavy atom. The van der Waals surface area contributed by atoms with Crippen molar-refractivity contribution in [1.29, 1.82) is 0 Å². The fourth-order valence-corrected chi connectivity index (χ4v) is 4.32. The number of carbonyl (C=O) groups is 1. The van der Waals surface area contributed by atoms with Gasteiger partial charge in [-0.2, -0.15) is 0 Å². The fourth-order valence-electron chi connectivity index (χ4n) is 4.32. The average molecular weight is 346 g/mol. The van der Waals surface area contributed by atoms with E-state index in [4.69, 9.17) is 4.74 Å². The number of hydrogen-bond acceptors (Lipinski definition) is 3. The van der Waals surface area contributed by atoms with E-state index in [1.54, 1.807) is 0 Å². The summed E-state index contributed by atoms with van der Waals surface area (Å²) in [5.74, 6) is 0.469. The van der Waals surface area contributed by atoms with Gasteiger partial charge >= 0.3 is 0 Å². The Morgan fingerprint density at radius 1 is 1.12 bits per heavy atom. The molecule has 3 fully saturated rings. The van der Waals surface area contributed by atoms with E-state index in [-0.39, 0.29) is 17.7 Å². The molecule has 0 bridgehead atoms. The van der Waals surface area contributed by atoms with Gasteiger partial charge in [-0.05, 0) is 49.3 Å². The molecule has 4 rings (SSSR count). The topological polar surface area (TPSA) is 32.8 Å². The van der Waals surface area contributed by atoms with Crippen LogP contribution < -0.4 is 0 Å². The normalized spacial score (nSPS) is 30.3. The lowest BCUT2D eigenvalue weighted by atomic mass is 10.00. The first kappa shape index (κ1) is 17.0. The highest BCUT2D eigenvalue weighted by molar-refractivity contribution is 5.83. The standard InChI is InChI=1S/C20H27FN2O2/c21-16-6-4-15(5-7-16)18-13-19(18)20(24)23-8-2-1-3-17(23)14-22-9-11-25-12-10-22/h4-7,17-19H,1-3,8-14H2/t17-,18+,19+/m0/s1. The molecule has 1 aromatic rings. The summed E-state index contributed by atoms with van der Waals surface area (Å²) in [4.78, 5) is 17.7. The molecule has 0 aromatic heterocycles. The highest BCUT2D eigenvalue weighted by Gasteiger charge is 2.47. The van der Waals surface area contributed by atoms with Crippen molar-refractivity contribution < 1.29 is 13.9 Å². The summed E-state index contributed by atoms with van der Waals surface area (Å²) in [7, 11) is 0. The molecule has 1 aliphatic carbocycles. The van der Waals surface area contributed by atoms with Crippen LogP contribution >= 0.6 is 0 Å². The number of hydrogen-bond donors (Lipinski definition) is 0. The molecule has 2 heterocycles. The first-order valence-electron chi connectivity index (χ1n) is 9.58. The molecule has 0 N–H and O–H groups in total. The summed E-state index contributed by atoms with van der Waals surface area (Å²) in [5, 5.41) is 0. The number of rotatable bonds is 4. The first-order valence-corrected chi connectivity index (χ1v) is 9.58. The largest absolute Gasteiger partial charge is 0.379 e. The molecule has 1 saturated carbocycles. The van der Waals surface area contributed by atoms with Gasteiger partial charge in [0, 0.05) is 38.1 Å². The zero-order chi connectivity index (χ0) is 17.2. The molecule has 2 aliphatic heterocycles. The lowest BCUT2D eigenvalue weighted by Gasteiger charge is -2.40. The summed E-state index contributed by atoms with van der Waals surface area (Å²) in [6.07, 6.45) is 4.34. The molecule has 3 atom stereocenters. The first-order chi connectivity index (χ1) is 12.2. The van der Waals surface area contributed by atoms with Crippen molar-refractivity contribution in [3.05, 3.63) is 35.6 Å². The van der Waals surface area contributed by atoms with Gasteiger partial charge in [0.25, 0.3) is 0 Å². The van der Waals surface area contributed by atoms with E-state index in [0.717, 1.165) is 64.2 Å². The number of carbonyl (C=O) groups excluding carboxylic acids is 1. The lowest BCUT2D eigenvalue weighted by molar-refractivity contribution is -0.137. The van der Waals surface area contributed by atoms with E-state index in [0.29, 0.717) is 11.9 Å². The van der Waals surface area contributed by atoms with Crippen LogP contribution in [0.2, 0.25) is 0 Å². The molecule has 2 saturated heterocycles. The molecule has 1 aromatic carbocycles. The van der Waals surface area contributed by atoms with E-state index >= 15 is 0 Å². The SMILES string of the molecule is O=C([C@@H]1C[C@@H]1c1ccc(F)cc1)N1CCCC[C@H]1CN1CCOCC1. The maximum absolute atomic E-state index is 13.1. The Balaban J connectivity index is 1.38. The van der Waals surface area contributed by atoms with Crippen molar-refractivity contribution >= 4 is 5.91 Å². The van der Waals surface area contributed by atoms with Gasteiger partial charge in [0.1, 0.15) is 5.82 Å². The van der Waals surface area contributed by atoms with Crippen LogP contribution in [0.3, 0.4) is 0 Å². The van der Waals surface area contributed by atoms with Crippen molar-refractivity contribution in [1.82, 2.24) is 9.80 Å². The third-order valence-corrected chi connectivity index (χ3v) is 5.89. The van der Waals surface area contributed by atoms with Crippen LogP contribution in [0.25, 0.3) is 0 Å². The number of morpholine rings is 1. The molecule has 136 valence electrons. The van der Waals surface area contributed by atoms with Gasteiger partial charge in [-0.1, -0.05) is 12.1 Å². The fraction of sp³-hybridized carbons (Fsp3) is 0.650. The second-order valence-electron chi connectivity index (χ2n) is 7.59. The molecule has 0 spiro atoms. The molecule has 3 aliphatic rings. The van der Waals surface area contributed by atoms with Gasteiger partial charge in [-0.3, -0.25) is 9.69 Å². The molecule has 4 nitrogen and oxygen atoms in total. The Morgan fingerprint density at radius 2 is 1.88 bits per heavy atom. The quantitative estimate of drug-likeness (QED) is 0.840. The number of piperidine rings is 1. The highest BCUT2D eigenvalue weighted by Crippen LogP contribution is 2.49. The van der Waals surface area contributed by atoms with Crippen molar-refractivity contribution in [3.63, 3.8) is 0 Å². The summed E-state index contributed by atoms with van der Waals surface area (Å²) in [5.41, 5.74) is 1.10. The second kappa shape index (κ2) is 7.42. The Hall–Kier alpha value is -1.46.